The summed E-state index contributed by atoms with van der Waals surface area (Å²) in [6.45, 7) is 1.94. The zero-order chi connectivity index (χ0) is 17.5. The van der Waals surface area contributed by atoms with Crippen molar-refractivity contribution < 1.29 is 8.42 Å². The summed E-state index contributed by atoms with van der Waals surface area (Å²) in [4.78, 5) is 0. The maximum Gasteiger partial charge on any atom is 0.150 e. The van der Waals surface area contributed by atoms with Crippen molar-refractivity contribution in [1.82, 2.24) is 0 Å². The van der Waals surface area contributed by atoms with E-state index in [-0.39, 0.29) is 0 Å². The van der Waals surface area contributed by atoms with Crippen LogP contribution in [0.4, 0.5) is 0 Å². The van der Waals surface area contributed by atoms with Gasteiger partial charge in [-0.15, -0.1) is 0 Å². The molecule has 0 aromatic rings. The zero-order valence-electron chi connectivity index (χ0n) is 16.2. The minimum Gasteiger partial charge on any atom is -0.229 e. The van der Waals surface area contributed by atoms with Crippen molar-refractivity contribution in [3.63, 3.8) is 0 Å². The van der Waals surface area contributed by atoms with Crippen molar-refractivity contribution in [1.29, 1.82) is 0 Å². The van der Waals surface area contributed by atoms with E-state index >= 15 is 0 Å². The zero-order valence-corrected chi connectivity index (χ0v) is 17.1. The second-order valence-corrected chi connectivity index (χ2v) is 10.3. The molecule has 1 rings (SSSR count). The molecule has 1 aliphatic rings. The number of hydrogen-bond donors (Lipinski definition) is 0. The molecule has 1 fully saturated rings. The van der Waals surface area contributed by atoms with Gasteiger partial charge in [-0.25, -0.2) is 8.42 Å². The first kappa shape index (κ1) is 22.0. The number of unbranched alkanes of at least 4 members (excludes halogenated alkanes) is 11. The van der Waals surface area contributed by atoms with Crippen LogP contribution < -0.4 is 0 Å². The molecule has 144 valence electrons. The van der Waals surface area contributed by atoms with Crippen molar-refractivity contribution in [3.05, 3.63) is 0 Å². The lowest BCUT2D eigenvalue weighted by molar-refractivity contribution is 0.286. The smallest absolute Gasteiger partial charge is 0.150 e. The van der Waals surface area contributed by atoms with E-state index in [1.165, 1.54) is 89.9 Å². The first-order chi connectivity index (χ1) is 11.6. The van der Waals surface area contributed by atoms with Gasteiger partial charge in [0.15, 0.2) is 0 Å². The molecule has 1 aliphatic carbocycles. The van der Waals surface area contributed by atoms with Gasteiger partial charge in [0.1, 0.15) is 9.84 Å². The maximum absolute atomic E-state index is 11.6. The molecule has 0 amide bonds. The van der Waals surface area contributed by atoms with Gasteiger partial charge in [-0.05, 0) is 18.8 Å². The number of rotatable bonds is 17. The standard InChI is InChI=1S/C21H42O2S/c1-2-19-24(22,23)20-14-12-10-8-6-4-3-5-7-9-11-13-16-21-17-15-18-21/h21H,2-20H2,1H3. The Labute approximate surface area is 152 Å². The first-order valence-electron chi connectivity index (χ1n) is 10.8. The molecule has 0 aromatic carbocycles. The Morgan fingerprint density at radius 3 is 1.54 bits per heavy atom. The molecule has 24 heavy (non-hydrogen) atoms. The van der Waals surface area contributed by atoms with Gasteiger partial charge in [-0.1, -0.05) is 103 Å². The third-order valence-corrected chi connectivity index (χ3v) is 7.50. The molecule has 3 heteroatoms. The summed E-state index contributed by atoms with van der Waals surface area (Å²) in [5.74, 6) is 1.87. The van der Waals surface area contributed by atoms with Gasteiger partial charge in [0.25, 0.3) is 0 Å². The second kappa shape index (κ2) is 14.2. The molecular weight excluding hydrogens is 316 g/mol. The summed E-state index contributed by atoms with van der Waals surface area (Å²) in [5.41, 5.74) is 0. The van der Waals surface area contributed by atoms with E-state index < -0.39 is 9.84 Å². The summed E-state index contributed by atoms with van der Waals surface area (Å²) >= 11 is 0. The van der Waals surface area contributed by atoms with Crippen molar-refractivity contribution in [2.45, 2.75) is 116 Å². The largest absolute Gasteiger partial charge is 0.229 e. The van der Waals surface area contributed by atoms with Crippen LogP contribution in [-0.4, -0.2) is 19.9 Å². The third-order valence-electron chi connectivity index (χ3n) is 5.56. The first-order valence-corrected chi connectivity index (χ1v) is 12.7. The minimum atomic E-state index is -2.75. The van der Waals surface area contributed by atoms with Crippen molar-refractivity contribution >= 4 is 9.84 Å². The highest BCUT2D eigenvalue weighted by atomic mass is 32.2. The van der Waals surface area contributed by atoms with Crippen LogP contribution in [0.15, 0.2) is 0 Å². The lowest BCUT2D eigenvalue weighted by Crippen LogP contribution is -2.10. The van der Waals surface area contributed by atoms with Crippen LogP contribution in [0.3, 0.4) is 0 Å². The lowest BCUT2D eigenvalue weighted by atomic mass is 9.81. The number of hydrogen-bond acceptors (Lipinski definition) is 2. The molecule has 0 N–H and O–H groups in total. The van der Waals surface area contributed by atoms with Crippen LogP contribution >= 0.6 is 0 Å². The molecule has 0 heterocycles. The van der Waals surface area contributed by atoms with Crippen molar-refractivity contribution in [2.75, 3.05) is 11.5 Å². The normalized spacial score (nSPS) is 15.5. The van der Waals surface area contributed by atoms with E-state index in [0.29, 0.717) is 11.5 Å². The fourth-order valence-corrected chi connectivity index (χ4v) is 5.19. The molecule has 0 aliphatic heterocycles. The number of sulfone groups is 1. The average molecular weight is 359 g/mol. The fourth-order valence-electron chi connectivity index (χ4n) is 3.72. The van der Waals surface area contributed by atoms with E-state index in [4.69, 9.17) is 0 Å². The third kappa shape index (κ3) is 12.3. The molecule has 0 spiro atoms. The van der Waals surface area contributed by atoms with Crippen LogP contribution in [0.25, 0.3) is 0 Å². The molecule has 0 bridgehead atoms. The monoisotopic (exact) mass is 358 g/mol. The lowest BCUT2D eigenvalue weighted by Gasteiger charge is -2.24. The Hall–Kier alpha value is -0.0500. The van der Waals surface area contributed by atoms with Gasteiger partial charge in [0, 0.05) is 5.75 Å². The van der Waals surface area contributed by atoms with Crippen LogP contribution in [0.2, 0.25) is 0 Å². The van der Waals surface area contributed by atoms with E-state index in [0.717, 1.165) is 25.2 Å². The summed E-state index contributed by atoms with van der Waals surface area (Å²) < 4.78 is 23.2. The second-order valence-electron chi connectivity index (χ2n) is 7.98. The fraction of sp³-hybridized carbons (Fsp3) is 1.00. The maximum atomic E-state index is 11.6. The van der Waals surface area contributed by atoms with Gasteiger partial charge < -0.3 is 0 Å². The highest BCUT2D eigenvalue weighted by Gasteiger charge is 2.15. The molecule has 0 aromatic heterocycles. The Balaban J connectivity index is 1.71. The predicted octanol–water partition coefficient (Wildman–Crippen LogP) is 6.68. The molecule has 0 radical (unpaired) electrons. The Morgan fingerprint density at radius 2 is 1.12 bits per heavy atom. The van der Waals surface area contributed by atoms with Crippen molar-refractivity contribution in [2.24, 2.45) is 5.92 Å². The molecule has 1 saturated carbocycles. The van der Waals surface area contributed by atoms with Crippen LogP contribution in [-0.2, 0) is 9.84 Å². The SMILES string of the molecule is CCCS(=O)(=O)CCCCCCCCCCCCCCC1CCC1. The molecule has 0 unspecified atom stereocenters. The molecule has 2 nitrogen and oxygen atoms in total. The van der Waals surface area contributed by atoms with Gasteiger partial charge >= 0.3 is 0 Å². The van der Waals surface area contributed by atoms with Gasteiger partial charge in [0.05, 0.1) is 5.75 Å². The van der Waals surface area contributed by atoms with Gasteiger partial charge in [-0.3, -0.25) is 0 Å². The van der Waals surface area contributed by atoms with Crippen LogP contribution in [0, 0.1) is 5.92 Å². The summed E-state index contributed by atoms with van der Waals surface area (Å²) in [5, 5.41) is 0. The summed E-state index contributed by atoms with van der Waals surface area (Å²) in [6.07, 6.45) is 22.5. The Morgan fingerprint density at radius 1 is 0.667 bits per heavy atom. The predicted molar refractivity (Wildman–Crippen MR) is 106 cm³/mol. The highest BCUT2D eigenvalue weighted by molar-refractivity contribution is 7.91. The van der Waals surface area contributed by atoms with Crippen LogP contribution in [0.1, 0.15) is 116 Å². The molecule has 0 atom stereocenters. The highest BCUT2D eigenvalue weighted by Crippen LogP contribution is 2.31. The Bertz CT molecular complexity index is 371. The Kier molecular flexibility index (Phi) is 13.0. The summed E-state index contributed by atoms with van der Waals surface area (Å²) in [6, 6.07) is 0. The molecular formula is C21H42O2S. The van der Waals surface area contributed by atoms with Gasteiger partial charge in [-0.2, -0.15) is 0 Å². The van der Waals surface area contributed by atoms with E-state index in [1.54, 1.807) is 0 Å². The van der Waals surface area contributed by atoms with E-state index in [2.05, 4.69) is 0 Å². The van der Waals surface area contributed by atoms with Crippen LogP contribution in [0.5, 0.6) is 0 Å². The molecule has 0 saturated heterocycles. The summed E-state index contributed by atoms with van der Waals surface area (Å²) in [7, 11) is -2.75. The topological polar surface area (TPSA) is 34.1 Å². The minimum absolute atomic E-state index is 0.369. The van der Waals surface area contributed by atoms with Gasteiger partial charge in [0.2, 0.25) is 0 Å². The van der Waals surface area contributed by atoms with E-state index in [9.17, 15) is 8.42 Å². The average Bonchev–Trinajstić information content (AvgIpc) is 2.49. The van der Waals surface area contributed by atoms with Crippen molar-refractivity contribution in [3.8, 4) is 0 Å². The van der Waals surface area contributed by atoms with E-state index in [1.807, 2.05) is 6.92 Å². The quantitative estimate of drug-likeness (QED) is 0.272.